The van der Waals surface area contributed by atoms with Crippen LogP contribution in [0.2, 0.25) is 0 Å². The lowest BCUT2D eigenvalue weighted by atomic mass is 10.1. The Morgan fingerprint density at radius 3 is 2.71 bits per heavy atom. The minimum absolute atomic E-state index is 0.0186. The summed E-state index contributed by atoms with van der Waals surface area (Å²) in [5.74, 6) is -0.0651. The molecule has 0 radical (unpaired) electrons. The van der Waals surface area contributed by atoms with Crippen molar-refractivity contribution in [3.05, 3.63) is 17.5 Å². The molecule has 0 spiro atoms. The smallest absolute Gasteiger partial charge is 0.243 e. The summed E-state index contributed by atoms with van der Waals surface area (Å²) in [5.41, 5.74) is 2.02. The molecule has 1 atom stereocenters. The summed E-state index contributed by atoms with van der Waals surface area (Å²) >= 11 is 0. The van der Waals surface area contributed by atoms with Crippen molar-refractivity contribution in [2.24, 2.45) is 0 Å². The van der Waals surface area contributed by atoms with Crippen LogP contribution in [0.5, 0.6) is 0 Å². The summed E-state index contributed by atoms with van der Waals surface area (Å²) in [4.78, 5) is 25.9. The monoisotopic (exact) mass is 292 g/mol. The van der Waals surface area contributed by atoms with Gasteiger partial charge in [0.1, 0.15) is 6.04 Å². The van der Waals surface area contributed by atoms with Gasteiger partial charge in [-0.15, -0.1) is 0 Å². The Morgan fingerprint density at radius 1 is 1.33 bits per heavy atom. The molecule has 0 aliphatic carbocycles. The number of hydrogen-bond donors (Lipinski definition) is 1. The maximum Gasteiger partial charge on any atom is 0.243 e. The highest BCUT2D eigenvalue weighted by Gasteiger charge is 2.34. The number of aromatic nitrogens is 2. The van der Waals surface area contributed by atoms with Gasteiger partial charge in [0.05, 0.1) is 24.5 Å². The third kappa shape index (κ3) is 3.25. The molecule has 1 fully saturated rings. The van der Waals surface area contributed by atoms with Gasteiger partial charge >= 0.3 is 0 Å². The lowest BCUT2D eigenvalue weighted by molar-refractivity contribution is -0.146. The minimum Gasteiger partial charge on any atom is -0.345 e. The van der Waals surface area contributed by atoms with E-state index in [4.69, 9.17) is 0 Å². The highest BCUT2D eigenvalue weighted by molar-refractivity contribution is 5.94. The zero-order valence-electron chi connectivity index (χ0n) is 13.1. The molecule has 1 N–H and O–H groups in total. The van der Waals surface area contributed by atoms with Gasteiger partial charge in [0.25, 0.3) is 0 Å². The van der Waals surface area contributed by atoms with Gasteiger partial charge < -0.3 is 10.2 Å². The Hall–Kier alpha value is -1.85. The van der Waals surface area contributed by atoms with E-state index in [9.17, 15) is 9.59 Å². The van der Waals surface area contributed by atoms with Crippen molar-refractivity contribution in [3.63, 3.8) is 0 Å². The van der Waals surface area contributed by atoms with Crippen LogP contribution in [0, 0.1) is 0 Å². The number of amides is 2. The summed E-state index contributed by atoms with van der Waals surface area (Å²) in [6.45, 7) is 7.44. The predicted molar refractivity (Wildman–Crippen MR) is 79.5 cm³/mol. The molecule has 1 aromatic heterocycles. The molecular weight excluding hydrogens is 268 g/mol. The first kappa shape index (κ1) is 15.5. The fraction of sp³-hybridized carbons (Fsp3) is 0.667. The SMILES string of the molecule is CCCC1C(=O)NCC(=O)N1Cc1cc(CC)nn1CC. The van der Waals surface area contributed by atoms with Gasteiger partial charge in [0, 0.05) is 6.54 Å². The lowest BCUT2D eigenvalue weighted by Crippen LogP contribution is -2.57. The van der Waals surface area contributed by atoms with Gasteiger partial charge in [0.2, 0.25) is 11.8 Å². The highest BCUT2D eigenvalue weighted by Crippen LogP contribution is 2.17. The quantitative estimate of drug-likeness (QED) is 0.853. The van der Waals surface area contributed by atoms with Crippen LogP contribution in [0.15, 0.2) is 6.07 Å². The Morgan fingerprint density at radius 2 is 2.10 bits per heavy atom. The van der Waals surface area contributed by atoms with Gasteiger partial charge in [-0.2, -0.15) is 5.10 Å². The van der Waals surface area contributed by atoms with E-state index in [2.05, 4.69) is 17.3 Å². The van der Waals surface area contributed by atoms with Crippen LogP contribution in [0.4, 0.5) is 0 Å². The molecule has 116 valence electrons. The van der Waals surface area contributed by atoms with E-state index < -0.39 is 0 Å². The molecular formula is C15H24N4O2. The Labute approximate surface area is 125 Å². The van der Waals surface area contributed by atoms with E-state index in [1.54, 1.807) is 4.90 Å². The molecule has 6 nitrogen and oxygen atoms in total. The first-order valence-electron chi connectivity index (χ1n) is 7.73. The van der Waals surface area contributed by atoms with Crippen molar-refractivity contribution in [3.8, 4) is 0 Å². The van der Waals surface area contributed by atoms with Crippen molar-refractivity contribution < 1.29 is 9.59 Å². The minimum atomic E-state index is -0.360. The van der Waals surface area contributed by atoms with Crippen LogP contribution in [-0.2, 0) is 29.1 Å². The van der Waals surface area contributed by atoms with E-state index in [-0.39, 0.29) is 24.4 Å². The summed E-state index contributed by atoms with van der Waals surface area (Å²) in [7, 11) is 0. The van der Waals surface area contributed by atoms with Crippen LogP contribution in [0.1, 0.15) is 45.0 Å². The number of piperazine rings is 1. The van der Waals surface area contributed by atoms with Crippen LogP contribution in [-0.4, -0.2) is 39.1 Å². The number of aryl methyl sites for hydroxylation is 2. The van der Waals surface area contributed by atoms with Crippen molar-refractivity contribution in [1.82, 2.24) is 20.0 Å². The van der Waals surface area contributed by atoms with Gasteiger partial charge in [-0.1, -0.05) is 20.3 Å². The van der Waals surface area contributed by atoms with Crippen molar-refractivity contribution >= 4 is 11.8 Å². The second kappa shape index (κ2) is 6.74. The molecule has 1 aromatic rings. The average Bonchev–Trinajstić information content (AvgIpc) is 2.89. The zero-order valence-corrected chi connectivity index (χ0v) is 13.1. The molecule has 21 heavy (non-hydrogen) atoms. The molecule has 2 rings (SSSR count). The molecule has 2 heterocycles. The fourth-order valence-corrected chi connectivity index (χ4v) is 2.72. The molecule has 1 aliphatic heterocycles. The molecule has 1 unspecified atom stereocenters. The van der Waals surface area contributed by atoms with E-state index in [1.165, 1.54) is 0 Å². The topological polar surface area (TPSA) is 67.2 Å². The summed E-state index contributed by atoms with van der Waals surface area (Å²) < 4.78 is 1.92. The van der Waals surface area contributed by atoms with Gasteiger partial charge in [-0.05, 0) is 25.8 Å². The molecule has 1 aliphatic rings. The second-order valence-corrected chi connectivity index (χ2v) is 5.34. The van der Waals surface area contributed by atoms with E-state index in [0.717, 1.165) is 30.8 Å². The molecule has 0 aromatic carbocycles. The normalized spacial score (nSPS) is 19.0. The molecule has 0 bridgehead atoms. The predicted octanol–water partition coefficient (Wildman–Crippen LogP) is 1.09. The van der Waals surface area contributed by atoms with E-state index in [1.807, 2.05) is 24.6 Å². The third-order valence-corrected chi connectivity index (χ3v) is 3.88. The van der Waals surface area contributed by atoms with Crippen LogP contribution in [0.25, 0.3) is 0 Å². The molecule has 2 amide bonds. The number of carbonyl (C=O) groups is 2. The highest BCUT2D eigenvalue weighted by atomic mass is 16.2. The van der Waals surface area contributed by atoms with E-state index in [0.29, 0.717) is 13.0 Å². The number of nitrogens with zero attached hydrogens (tertiary/aromatic N) is 3. The first-order chi connectivity index (χ1) is 10.1. The Kier molecular flexibility index (Phi) is 4.98. The largest absolute Gasteiger partial charge is 0.345 e. The first-order valence-corrected chi connectivity index (χ1v) is 7.73. The maximum atomic E-state index is 12.2. The Balaban J connectivity index is 2.23. The molecule has 1 saturated heterocycles. The molecule has 6 heteroatoms. The Bertz CT molecular complexity index is 524. The lowest BCUT2D eigenvalue weighted by Gasteiger charge is -2.34. The zero-order chi connectivity index (χ0) is 15.4. The standard InChI is InChI=1S/C15H24N4O2/c1-4-7-13-15(21)16-9-14(20)18(13)10-12-8-11(5-2)17-19(12)6-3/h8,13H,4-7,9-10H2,1-3H3,(H,16,21). The summed E-state index contributed by atoms with van der Waals surface area (Å²) in [6, 6.07) is 1.67. The maximum absolute atomic E-state index is 12.2. The number of nitrogens with one attached hydrogen (secondary N) is 1. The van der Waals surface area contributed by atoms with Gasteiger partial charge in [-0.3, -0.25) is 14.3 Å². The van der Waals surface area contributed by atoms with Crippen molar-refractivity contribution in [1.29, 1.82) is 0 Å². The van der Waals surface area contributed by atoms with Gasteiger partial charge in [0.15, 0.2) is 0 Å². The van der Waals surface area contributed by atoms with Crippen molar-refractivity contribution in [2.75, 3.05) is 6.54 Å². The number of hydrogen-bond acceptors (Lipinski definition) is 3. The van der Waals surface area contributed by atoms with Crippen LogP contribution in [0.3, 0.4) is 0 Å². The summed E-state index contributed by atoms with van der Waals surface area (Å²) in [5, 5.41) is 7.18. The summed E-state index contributed by atoms with van der Waals surface area (Å²) in [6.07, 6.45) is 2.43. The molecule has 0 saturated carbocycles. The number of carbonyl (C=O) groups excluding carboxylic acids is 2. The van der Waals surface area contributed by atoms with Gasteiger partial charge in [-0.25, -0.2) is 0 Å². The number of rotatable bonds is 6. The third-order valence-electron chi connectivity index (χ3n) is 3.88. The van der Waals surface area contributed by atoms with Crippen LogP contribution < -0.4 is 5.32 Å². The van der Waals surface area contributed by atoms with Crippen molar-refractivity contribution in [2.45, 2.75) is 59.2 Å². The second-order valence-electron chi connectivity index (χ2n) is 5.34. The van der Waals surface area contributed by atoms with Crippen LogP contribution >= 0.6 is 0 Å². The average molecular weight is 292 g/mol. The fourth-order valence-electron chi connectivity index (χ4n) is 2.72. The van der Waals surface area contributed by atoms with E-state index >= 15 is 0 Å².